The van der Waals surface area contributed by atoms with E-state index in [0.29, 0.717) is 22.6 Å². The second kappa shape index (κ2) is 9.22. The lowest BCUT2D eigenvalue weighted by Crippen LogP contribution is -2.58. The summed E-state index contributed by atoms with van der Waals surface area (Å²) in [5.41, 5.74) is 0.156. The van der Waals surface area contributed by atoms with Crippen molar-refractivity contribution in [2.75, 3.05) is 0 Å². The minimum atomic E-state index is -5.03. The molecule has 0 heterocycles. The van der Waals surface area contributed by atoms with Gasteiger partial charge >= 0.3 is 0 Å². The number of carbonyl (C=O) groups excluding carboxylic acids is 1. The van der Waals surface area contributed by atoms with Gasteiger partial charge in [0, 0.05) is 11.3 Å². The second-order valence-corrected chi connectivity index (χ2v) is 16.5. The lowest BCUT2D eigenvalue weighted by atomic mass is 9.70. The lowest BCUT2D eigenvalue weighted by molar-refractivity contribution is -0.128. The van der Waals surface area contributed by atoms with E-state index in [9.17, 15) is 17.8 Å². The molecule has 4 atom stereocenters. The summed E-state index contributed by atoms with van der Waals surface area (Å²) >= 11 is 0. The average Bonchev–Trinajstić information content (AvgIpc) is 3.17. The molecule has 2 aliphatic rings. The molecule has 0 N–H and O–H groups in total. The van der Waals surface area contributed by atoms with Crippen LogP contribution in [-0.2, 0) is 25.8 Å². The molecule has 5 rings (SSSR count). The summed E-state index contributed by atoms with van der Waals surface area (Å²) in [5, 5.41) is 0. The molecule has 2 fully saturated rings. The van der Waals surface area contributed by atoms with Gasteiger partial charge in [-0.1, -0.05) is 51.1 Å². The van der Waals surface area contributed by atoms with E-state index in [4.69, 9.17) is 4.74 Å². The van der Waals surface area contributed by atoms with Crippen molar-refractivity contribution in [1.29, 1.82) is 0 Å². The molecular weight excluding hydrogens is 528 g/mol. The topological polar surface area (TPSA) is 83.5 Å². The van der Waals surface area contributed by atoms with Gasteiger partial charge in [0.1, 0.15) is 11.4 Å². The average molecular weight is 565 g/mol. The third kappa shape index (κ3) is 4.25. The summed E-state index contributed by atoms with van der Waals surface area (Å²) in [6.45, 7) is 11.8. The van der Waals surface area contributed by atoms with Gasteiger partial charge in [-0.25, -0.2) is 8.42 Å². The van der Waals surface area contributed by atoms with Crippen molar-refractivity contribution in [1.82, 2.24) is 0 Å². The Morgan fingerprint density at radius 3 is 1.82 bits per heavy atom. The van der Waals surface area contributed by atoms with E-state index < -0.39 is 47.6 Å². The summed E-state index contributed by atoms with van der Waals surface area (Å²) in [6.07, 6.45) is 1.13. The Kier molecular flexibility index (Phi) is 6.60. The predicted octanol–water partition coefficient (Wildman–Crippen LogP) is 6.83. The molecule has 0 amide bonds. The van der Waals surface area contributed by atoms with Crippen LogP contribution in [0.25, 0.3) is 11.1 Å². The molecule has 7 heteroatoms. The minimum Gasteiger partial charge on any atom is -0.743 e. The fraction of sp³-hybridized carbons (Fsp3) is 0.406. The zero-order valence-corrected chi connectivity index (χ0v) is 25.0. The first-order valence-corrected chi connectivity index (χ1v) is 16.0. The monoisotopic (exact) mass is 564 g/mol. The zero-order valence-electron chi connectivity index (χ0n) is 23.4. The number of ketones is 1. The maximum Gasteiger partial charge on any atom is 0.286 e. The third-order valence-electron chi connectivity index (χ3n) is 8.86. The molecule has 0 aromatic heterocycles. The Morgan fingerprint density at radius 2 is 1.36 bits per heavy atom. The third-order valence-corrected chi connectivity index (χ3v) is 13.7. The van der Waals surface area contributed by atoms with Crippen molar-refractivity contribution in [2.24, 2.45) is 16.7 Å². The molecule has 0 spiro atoms. The highest BCUT2D eigenvalue weighted by Gasteiger charge is 2.83. The van der Waals surface area contributed by atoms with E-state index in [1.54, 1.807) is 0 Å². The first-order chi connectivity index (χ1) is 18.1. The quantitative estimate of drug-likeness (QED) is 0.242. The van der Waals surface area contributed by atoms with Crippen molar-refractivity contribution in [3.05, 3.63) is 78.9 Å². The van der Waals surface area contributed by atoms with Gasteiger partial charge in [-0.15, -0.1) is 0 Å². The summed E-state index contributed by atoms with van der Waals surface area (Å²) < 4.78 is 44.1. The molecular formula is C32H36O5S2. The van der Waals surface area contributed by atoms with Gasteiger partial charge in [0.05, 0.1) is 10.9 Å². The molecule has 4 unspecified atom stereocenters. The van der Waals surface area contributed by atoms with Gasteiger partial charge < -0.3 is 9.29 Å². The van der Waals surface area contributed by atoms with E-state index in [1.165, 1.54) is 0 Å². The van der Waals surface area contributed by atoms with Gasteiger partial charge in [0.25, 0.3) is 4.08 Å². The molecule has 206 valence electrons. The summed E-state index contributed by atoms with van der Waals surface area (Å²) in [6, 6.07) is 24.7. The minimum absolute atomic E-state index is 0.294. The fourth-order valence-electron chi connectivity index (χ4n) is 6.63. The van der Waals surface area contributed by atoms with Gasteiger partial charge in [0.2, 0.25) is 5.78 Å². The van der Waals surface area contributed by atoms with Crippen molar-refractivity contribution in [3.63, 3.8) is 0 Å². The maximum atomic E-state index is 14.3. The van der Waals surface area contributed by atoms with Gasteiger partial charge in [-0.05, 0) is 98.7 Å². The molecule has 0 radical (unpaired) electrons. The van der Waals surface area contributed by atoms with Crippen molar-refractivity contribution in [2.45, 2.75) is 73.9 Å². The number of Topliss-reactive ketones (excluding diaryl/α,β-unsaturated/α-hetero) is 1. The van der Waals surface area contributed by atoms with Crippen LogP contribution in [0.15, 0.2) is 88.7 Å². The number of fused-ring (bicyclic) bond motifs is 2. The van der Waals surface area contributed by atoms with Crippen LogP contribution in [0, 0.1) is 16.7 Å². The van der Waals surface area contributed by atoms with Crippen LogP contribution in [0.2, 0.25) is 0 Å². The van der Waals surface area contributed by atoms with E-state index in [1.807, 2.05) is 120 Å². The molecule has 2 saturated carbocycles. The summed E-state index contributed by atoms with van der Waals surface area (Å²) in [4.78, 5) is 15.7. The molecule has 3 aromatic carbocycles. The van der Waals surface area contributed by atoms with Crippen LogP contribution >= 0.6 is 0 Å². The fourth-order valence-corrected chi connectivity index (χ4v) is 12.2. The Hall–Kier alpha value is -2.61. The smallest absolute Gasteiger partial charge is 0.286 e. The normalized spacial score (nSPS) is 26.9. The van der Waals surface area contributed by atoms with Crippen molar-refractivity contribution in [3.8, 4) is 16.9 Å². The highest BCUT2D eigenvalue weighted by Crippen LogP contribution is 2.71. The number of hydrogen-bond acceptors (Lipinski definition) is 5. The zero-order chi connectivity index (χ0) is 28.4. The Balaban J connectivity index is 1.63. The highest BCUT2D eigenvalue weighted by molar-refractivity contribution is 8.12. The Morgan fingerprint density at radius 1 is 0.846 bits per heavy atom. The number of rotatable bonds is 6. The van der Waals surface area contributed by atoms with Gasteiger partial charge in [-0.3, -0.25) is 4.79 Å². The van der Waals surface area contributed by atoms with Crippen LogP contribution in [0.5, 0.6) is 5.75 Å². The number of benzene rings is 3. The van der Waals surface area contributed by atoms with Crippen molar-refractivity contribution < 1.29 is 22.5 Å². The van der Waals surface area contributed by atoms with E-state index in [2.05, 4.69) is 0 Å². The summed E-state index contributed by atoms with van der Waals surface area (Å²) in [7, 11) is -6.34. The number of hydrogen-bond donors (Lipinski definition) is 0. The van der Waals surface area contributed by atoms with E-state index in [0.717, 1.165) is 16.9 Å². The number of ether oxygens (including phenoxy) is 1. The molecule has 3 aromatic rings. The van der Waals surface area contributed by atoms with Gasteiger partial charge in [-0.2, -0.15) is 0 Å². The number of carbonyl (C=O) groups is 1. The molecule has 0 saturated heterocycles. The first kappa shape index (κ1) is 27.9. The molecule has 0 aliphatic heterocycles. The van der Waals surface area contributed by atoms with Gasteiger partial charge in [0.15, 0.2) is 19.9 Å². The highest BCUT2D eigenvalue weighted by atomic mass is 32.3. The summed E-state index contributed by atoms with van der Waals surface area (Å²) in [5.74, 6) is -0.206. The standard InChI is InChI=1S/C32H36O5S2/c1-29(2,3)37-24-16-12-22(13-17-24)23-14-18-26(19-15-23)38(25-10-8-7-9-11-25)32(39(34,35)36)27-20-21-31(6,28(32)33)30(27,4)5/h7-19,27H,20-21H2,1-6H3. The molecule has 2 bridgehead atoms. The van der Waals surface area contributed by atoms with Crippen molar-refractivity contribution >= 4 is 26.8 Å². The van der Waals surface area contributed by atoms with Crippen LogP contribution in [0.3, 0.4) is 0 Å². The SMILES string of the molecule is CC(C)(C)Oc1ccc(-c2ccc([S+](c3ccccc3)C3(S(=O)(=O)[O-])C(=O)C4(C)CCC3C4(C)C)cc2)cc1. The van der Waals surface area contributed by atoms with Crippen LogP contribution < -0.4 is 4.74 Å². The van der Waals surface area contributed by atoms with E-state index >= 15 is 0 Å². The van der Waals surface area contributed by atoms with Crippen LogP contribution in [-0.4, -0.2) is 28.4 Å². The Labute approximate surface area is 235 Å². The molecule has 39 heavy (non-hydrogen) atoms. The van der Waals surface area contributed by atoms with Crippen LogP contribution in [0.1, 0.15) is 54.4 Å². The second-order valence-electron chi connectivity index (χ2n) is 12.5. The predicted molar refractivity (Wildman–Crippen MR) is 155 cm³/mol. The molecule has 2 aliphatic carbocycles. The lowest BCUT2D eigenvalue weighted by Gasteiger charge is -2.38. The molecule has 5 nitrogen and oxygen atoms in total. The Bertz CT molecular complexity index is 1490. The first-order valence-electron chi connectivity index (χ1n) is 13.3. The maximum absolute atomic E-state index is 14.3. The van der Waals surface area contributed by atoms with E-state index in [-0.39, 0.29) is 5.60 Å². The largest absolute Gasteiger partial charge is 0.743 e. The van der Waals surface area contributed by atoms with Crippen LogP contribution in [0.4, 0.5) is 0 Å².